The number of nitrogens with zero attached hydrogens (tertiary/aromatic N) is 2. The second-order valence-electron chi connectivity index (χ2n) is 7.19. The number of hydrogen-bond acceptors (Lipinski definition) is 5. The largest absolute Gasteiger partial charge is 0.302 e. The maximum atomic E-state index is 13.4. The van der Waals surface area contributed by atoms with Crippen LogP contribution in [0.15, 0.2) is 41.3 Å². The molecule has 1 amide bonds. The molecule has 0 atom stereocenters. The van der Waals surface area contributed by atoms with Crippen molar-refractivity contribution in [2.45, 2.75) is 31.6 Å². The lowest BCUT2D eigenvalue weighted by molar-refractivity contribution is -0.114. The van der Waals surface area contributed by atoms with E-state index in [1.54, 1.807) is 12.1 Å². The summed E-state index contributed by atoms with van der Waals surface area (Å²) in [6.45, 7) is 3.69. The zero-order valence-corrected chi connectivity index (χ0v) is 19.9. The molecule has 3 aromatic rings. The molecule has 0 bridgehead atoms. The van der Waals surface area contributed by atoms with Crippen LogP contribution in [0.25, 0.3) is 10.4 Å². The average molecular weight is 496 g/mol. The minimum Gasteiger partial charge on any atom is -0.302 e. The molecular weight excluding hydrogens is 477 g/mol. The number of benzene rings is 2. The lowest BCUT2D eigenvalue weighted by atomic mass is 10.00. The van der Waals surface area contributed by atoms with Crippen molar-refractivity contribution in [2.24, 2.45) is 0 Å². The summed E-state index contributed by atoms with van der Waals surface area (Å²) in [5.41, 5.74) is 3.31. The lowest BCUT2D eigenvalue weighted by Gasteiger charge is -2.31. The van der Waals surface area contributed by atoms with Crippen LogP contribution in [-0.2, 0) is 21.2 Å². The highest BCUT2D eigenvalue weighted by Gasteiger charge is 2.31. The predicted octanol–water partition coefficient (Wildman–Crippen LogP) is 5.53. The lowest BCUT2D eigenvalue weighted by Crippen LogP contribution is -2.35. The normalized spacial score (nSPS) is 13.7. The van der Waals surface area contributed by atoms with Crippen LogP contribution in [0.1, 0.15) is 24.6 Å². The number of hydrogen-bond donors (Lipinski definition) is 1. The highest BCUT2D eigenvalue weighted by molar-refractivity contribution is 7.93. The first kappa shape index (κ1) is 22.1. The van der Waals surface area contributed by atoms with Gasteiger partial charge in [-0.05, 0) is 55.2 Å². The Hall–Kier alpha value is -2.13. The summed E-state index contributed by atoms with van der Waals surface area (Å²) in [6, 6.07) is 10.3. The SMILES string of the molecule is CC(=O)Nc1nc(C)c(-c2ccc3c(c2)CCCN3S(=O)(=O)c2cccc(Cl)c2Cl)s1. The third kappa shape index (κ3) is 4.17. The smallest absolute Gasteiger partial charge is 0.265 e. The van der Waals surface area contributed by atoms with Crippen molar-refractivity contribution in [3.8, 4) is 10.4 Å². The van der Waals surface area contributed by atoms with Crippen molar-refractivity contribution in [1.82, 2.24) is 4.98 Å². The summed E-state index contributed by atoms with van der Waals surface area (Å²) in [4.78, 5) is 16.7. The number of nitrogens with one attached hydrogen (secondary N) is 1. The number of sulfonamides is 1. The number of rotatable bonds is 4. The van der Waals surface area contributed by atoms with E-state index in [4.69, 9.17) is 23.2 Å². The molecule has 0 aliphatic carbocycles. The van der Waals surface area contributed by atoms with E-state index in [1.807, 2.05) is 25.1 Å². The van der Waals surface area contributed by atoms with E-state index in [9.17, 15) is 13.2 Å². The number of aromatic nitrogens is 1. The maximum Gasteiger partial charge on any atom is 0.265 e. The second kappa shape index (κ2) is 8.43. The first-order valence-corrected chi connectivity index (χ1v) is 12.5. The fraction of sp³-hybridized carbons (Fsp3) is 0.238. The molecule has 10 heteroatoms. The summed E-state index contributed by atoms with van der Waals surface area (Å²) in [6.07, 6.45) is 1.45. The van der Waals surface area contributed by atoms with E-state index in [1.165, 1.54) is 28.6 Å². The van der Waals surface area contributed by atoms with Crippen LogP contribution in [-0.4, -0.2) is 25.9 Å². The molecule has 2 aromatic carbocycles. The molecule has 0 radical (unpaired) electrons. The van der Waals surface area contributed by atoms with Crippen molar-refractivity contribution in [3.63, 3.8) is 0 Å². The van der Waals surface area contributed by atoms with Gasteiger partial charge in [-0.15, -0.1) is 0 Å². The minimum absolute atomic E-state index is 0.00292. The van der Waals surface area contributed by atoms with Gasteiger partial charge < -0.3 is 5.32 Å². The molecule has 0 spiro atoms. The topological polar surface area (TPSA) is 79.4 Å². The van der Waals surface area contributed by atoms with Gasteiger partial charge in [0.2, 0.25) is 5.91 Å². The van der Waals surface area contributed by atoms with Crippen molar-refractivity contribution in [1.29, 1.82) is 0 Å². The standard InChI is InChI=1S/C21H19Cl2N3O3S2/c1-12-20(30-21(24-12)25-13(2)27)15-8-9-17-14(11-15)5-4-10-26(17)31(28,29)18-7-3-6-16(22)19(18)23/h3,6-9,11H,4-5,10H2,1-2H3,(H,24,25,27). The van der Waals surface area contributed by atoms with E-state index < -0.39 is 10.0 Å². The van der Waals surface area contributed by atoms with Crippen molar-refractivity contribution in [2.75, 3.05) is 16.2 Å². The molecule has 1 aromatic heterocycles. The zero-order chi connectivity index (χ0) is 22.3. The summed E-state index contributed by atoms with van der Waals surface area (Å²) in [5.74, 6) is -0.175. The Balaban J connectivity index is 1.74. The fourth-order valence-corrected chi connectivity index (χ4v) is 6.91. The molecule has 31 heavy (non-hydrogen) atoms. The van der Waals surface area contributed by atoms with Crippen molar-refractivity contribution >= 4 is 61.3 Å². The molecule has 0 saturated heterocycles. The highest BCUT2D eigenvalue weighted by Crippen LogP contribution is 2.40. The number of fused-ring (bicyclic) bond motifs is 1. The van der Waals surface area contributed by atoms with E-state index >= 15 is 0 Å². The number of carbonyl (C=O) groups is 1. The molecule has 162 valence electrons. The number of carbonyl (C=O) groups excluding carboxylic acids is 1. The average Bonchev–Trinajstić information content (AvgIpc) is 3.08. The number of anilines is 2. The number of amides is 1. The number of thiazole rings is 1. The van der Waals surface area contributed by atoms with E-state index in [-0.39, 0.29) is 20.8 Å². The summed E-state index contributed by atoms with van der Waals surface area (Å²) in [7, 11) is -3.86. The molecule has 0 unspecified atom stereocenters. The van der Waals surface area contributed by atoms with Crippen LogP contribution in [0, 0.1) is 6.92 Å². The first-order valence-electron chi connectivity index (χ1n) is 9.53. The molecule has 1 aliphatic heterocycles. The zero-order valence-electron chi connectivity index (χ0n) is 16.8. The van der Waals surface area contributed by atoms with Gasteiger partial charge in [0.1, 0.15) is 4.90 Å². The van der Waals surface area contributed by atoms with Crippen molar-refractivity contribution in [3.05, 3.63) is 57.7 Å². The van der Waals surface area contributed by atoms with Gasteiger partial charge in [0.25, 0.3) is 10.0 Å². The second-order valence-corrected chi connectivity index (χ2v) is 10.8. The quantitative estimate of drug-likeness (QED) is 0.516. The molecule has 6 nitrogen and oxygen atoms in total. The molecule has 1 N–H and O–H groups in total. The van der Waals surface area contributed by atoms with Gasteiger partial charge in [0.05, 0.1) is 26.3 Å². The van der Waals surface area contributed by atoms with Gasteiger partial charge in [0.15, 0.2) is 5.13 Å². The minimum atomic E-state index is -3.86. The molecule has 2 heterocycles. The van der Waals surface area contributed by atoms with Crippen LogP contribution < -0.4 is 9.62 Å². The monoisotopic (exact) mass is 495 g/mol. The molecule has 0 fully saturated rings. The van der Waals surface area contributed by atoms with Crippen LogP contribution in [0.2, 0.25) is 10.0 Å². The van der Waals surface area contributed by atoms with Gasteiger partial charge in [-0.3, -0.25) is 9.10 Å². The molecule has 0 saturated carbocycles. The Morgan fingerprint density at radius 2 is 2.00 bits per heavy atom. The summed E-state index contributed by atoms with van der Waals surface area (Å²) in [5, 5.41) is 3.48. The molecular formula is C21H19Cl2N3O3S2. The van der Waals surface area contributed by atoms with Gasteiger partial charge in [-0.1, -0.05) is 46.7 Å². The first-order chi connectivity index (χ1) is 14.7. The van der Waals surface area contributed by atoms with Crippen LogP contribution in [0.3, 0.4) is 0 Å². The van der Waals surface area contributed by atoms with Crippen LogP contribution in [0.4, 0.5) is 10.8 Å². The number of halogens is 2. The third-order valence-corrected chi connectivity index (χ3v) is 8.89. The summed E-state index contributed by atoms with van der Waals surface area (Å²) < 4.78 is 28.1. The third-order valence-electron chi connectivity index (χ3n) is 4.98. The Kier molecular flexibility index (Phi) is 6.00. The van der Waals surface area contributed by atoms with E-state index in [2.05, 4.69) is 10.3 Å². The van der Waals surface area contributed by atoms with Gasteiger partial charge in [-0.2, -0.15) is 0 Å². The Bertz CT molecular complexity index is 1290. The number of aryl methyl sites for hydroxylation is 2. The van der Waals surface area contributed by atoms with Gasteiger partial charge in [-0.25, -0.2) is 13.4 Å². The Morgan fingerprint density at radius 3 is 2.74 bits per heavy atom. The highest BCUT2D eigenvalue weighted by atomic mass is 35.5. The van der Waals surface area contributed by atoms with Crippen molar-refractivity contribution < 1.29 is 13.2 Å². The van der Waals surface area contributed by atoms with Crippen LogP contribution in [0.5, 0.6) is 0 Å². The Morgan fingerprint density at radius 1 is 1.23 bits per heavy atom. The van der Waals surface area contributed by atoms with E-state index in [0.29, 0.717) is 23.8 Å². The Labute approximate surface area is 194 Å². The maximum absolute atomic E-state index is 13.4. The predicted molar refractivity (Wildman–Crippen MR) is 126 cm³/mol. The van der Waals surface area contributed by atoms with Gasteiger partial charge >= 0.3 is 0 Å². The fourth-order valence-electron chi connectivity index (χ4n) is 3.62. The van der Waals surface area contributed by atoms with Crippen LogP contribution >= 0.6 is 34.5 Å². The van der Waals surface area contributed by atoms with Gasteiger partial charge in [0, 0.05) is 13.5 Å². The molecule has 1 aliphatic rings. The molecule has 4 rings (SSSR count). The summed E-state index contributed by atoms with van der Waals surface area (Å²) >= 11 is 13.7. The van der Waals surface area contributed by atoms with E-state index in [0.717, 1.165) is 28.1 Å².